The summed E-state index contributed by atoms with van der Waals surface area (Å²) in [4.78, 5) is 10.6. The van der Waals surface area contributed by atoms with Crippen LogP contribution in [-0.2, 0) is 4.74 Å². The van der Waals surface area contributed by atoms with Crippen molar-refractivity contribution >= 4 is 28.7 Å². The number of amides is 1. The predicted molar refractivity (Wildman–Crippen MR) is 65.2 cm³/mol. The van der Waals surface area contributed by atoms with Gasteiger partial charge in [0.25, 0.3) is 0 Å². The van der Waals surface area contributed by atoms with Crippen LogP contribution in [0, 0.1) is 12.3 Å². The lowest BCUT2D eigenvalue weighted by Crippen LogP contribution is -2.24. The summed E-state index contributed by atoms with van der Waals surface area (Å²) in [5, 5.41) is 0. The van der Waals surface area contributed by atoms with Crippen molar-refractivity contribution in [1.82, 2.24) is 0 Å². The first-order chi connectivity index (χ1) is 6.60. The Morgan fingerprint density at radius 3 is 2.79 bits per heavy atom. The third-order valence-corrected chi connectivity index (χ3v) is 2.88. The molecule has 14 heavy (non-hydrogen) atoms. The van der Waals surface area contributed by atoms with E-state index in [1.54, 1.807) is 0 Å². The lowest BCUT2D eigenvalue weighted by molar-refractivity contribution is 0.104. The molecule has 2 atom stereocenters. The maximum absolute atomic E-state index is 10.6. The Morgan fingerprint density at radius 2 is 2.36 bits per heavy atom. The van der Waals surface area contributed by atoms with Crippen molar-refractivity contribution in [2.45, 2.75) is 42.6 Å². The summed E-state index contributed by atoms with van der Waals surface area (Å²) in [5.41, 5.74) is 4.94. The molecule has 0 radical (unpaired) electrons. The maximum atomic E-state index is 10.6. The number of alkyl halides is 1. The average Bonchev–Trinajstić information content (AvgIpc) is 2.03. The highest BCUT2D eigenvalue weighted by atomic mass is 127. The minimum atomic E-state index is -0.745. The van der Waals surface area contributed by atoms with E-state index in [1.165, 1.54) is 0 Å². The number of carbonyl (C=O) groups is 1. The number of terminal acetylenes is 1. The van der Waals surface area contributed by atoms with E-state index >= 15 is 0 Å². The van der Waals surface area contributed by atoms with Crippen LogP contribution in [0.3, 0.4) is 0 Å². The first-order valence-corrected chi connectivity index (χ1v) is 5.88. The molecule has 1 amide bonds. The van der Waals surface area contributed by atoms with Gasteiger partial charge in [-0.1, -0.05) is 35.9 Å². The zero-order valence-electron chi connectivity index (χ0n) is 8.33. The molecule has 2 unspecified atom stereocenters. The number of carbonyl (C=O) groups excluding carboxylic acids is 1. The summed E-state index contributed by atoms with van der Waals surface area (Å²) in [6.45, 7) is 2.12. The largest absolute Gasteiger partial charge is 0.445 e. The fourth-order valence-corrected chi connectivity index (χ4v) is 2.38. The van der Waals surface area contributed by atoms with Gasteiger partial charge in [0.2, 0.25) is 0 Å². The van der Waals surface area contributed by atoms with Gasteiger partial charge in [0, 0.05) is 10.3 Å². The lowest BCUT2D eigenvalue weighted by Gasteiger charge is -2.17. The van der Waals surface area contributed by atoms with Crippen LogP contribution in [0.4, 0.5) is 4.79 Å². The van der Waals surface area contributed by atoms with E-state index in [1.807, 2.05) is 0 Å². The van der Waals surface area contributed by atoms with Crippen LogP contribution in [0.5, 0.6) is 0 Å². The smallest absolute Gasteiger partial charge is 0.404 e. The van der Waals surface area contributed by atoms with Gasteiger partial charge in [-0.15, -0.1) is 12.3 Å². The number of ether oxygens (including phenoxy) is 1. The molecule has 0 aliphatic heterocycles. The fraction of sp³-hybridized carbons (Fsp3) is 0.700. The predicted octanol–water partition coefficient (Wildman–Crippen LogP) is 2.47. The number of nitrogens with two attached hydrogens (primary N) is 1. The van der Waals surface area contributed by atoms with Gasteiger partial charge in [-0.05, 0) is 12.8 Å². The van der Waals surface area contributed by atoms with E-state index < -0.39 is 6.09 Å². The van der Waals surface area contributed by atoms with Gasteiger partial charge >= 0.3 is 6.09 Å². The Kier molecular flexibility index (Phi) is 7.67. The molecule has 4 heteroatoms. The molecule has 0 bridgehead atoms. The molecule has 2 N–H and O–H groups in total. The molecule has 0 aromatic rings. The van der Waals surface area contributed by atoms with Crippen molar-refractivity contribution < 1.29 is 9.53 Å². The molecule has 0 aromatic heterocycles. The van der Waals surface area contributed by atoms with Crippen LogP contribution in [0.15, 0.2) is 0 Å². The van der Waals surface area contributed by atoms with Gasteiger partial charge in [-0.3, -0.25) is 0 Å². The Hall–Kier alpha value is -0.440. The third-order valence-electron chi connectivity index (χ3n) is 1.75. The van der Waals surface area contributed by atoms with Crippen molar-refractivity contribution in [3.63, 3.8) is 0 Å². The lowest BCUT2D eigenvalue weighted by atomic mass is 10.1. The van der Waals surface area contributed by atoms with E-state index in [-0.39, 0.29) is 6.10 Å². The Bertz CT molecular complexity index is 213. The summed E-state index contributed by atoms with van der Waals surface area (Å²) in [6, 6.07) is 0. The fourth-order valence-electron chi connectivity index (χ4n) is 1.19. The van der Waals surface area contributed by atoms with E-state index in [4.69, 9.17) is 16.9 Å². The van der Waals surface area contributed by atoms with Crippen LogP contribution in [0.25, 0.3) is 0 Å². The molecule has 0 aromatic carbocycles. The van der Waals surface area contributed by atoms with Crippen molar-refractivity contribution in [2.24, 2.45) is 5.73 Å². The normalized spacial score (nSPS) is 14.1. The maximum Gasteiger partial charge on any atom is 0.404 e. The van der Waals surface area contributed by atoms with E-state index in [0.29, 0.717) is 10.3 Å². The zero-order chi connectivity index (χ0) is 11.0. The van der Waals surface area contributed by atoms with Crippen molar-refractivity contribution in [2.75, 3.05) is 0 Å². The first kappa shape index (κ1) is 13.6. The van der Waals surface area contributed by atoms with Gasteiger partial charge in [-0.25, -0.2) is 4.79 Å². The molecule has 0 spiro atoms. The van der Waals surface area contributed by atoms with Gasteiger partial charge < -0.3 is 10.5 Å². The van der Waals surface area contributed by atoms with E-state index in [2.05, 4.69) is 35.4 Å². The van der Waals surface area contributed by atoms with Gasteiger partial charge in [-0.2, -0.15) is 0 Å². The number of hydrogen-bond acceptors (Lipinski definition) is 2. The highest BCUT2D eigenvalue weighted by molar-refractivity contribution is 14.1. The van der Waals surface area contributed by atoms with Crippen LogP contribution in [0.2, 0.25) is 0 Å². The number of rotatable bonds is 6. The molecule has 0 aliphatic rings. The average molecular weight is 309 g/mol. The minimum absolute atomic E-state index is 0.231. The summed E-state index contributed by atoms with van der Waals surface area (Å²) in [5.74, 6) is 2.48. The highest BCUT2D eigenvalue weighted by Crippen LogP contribution is 2.18. The SMILES string of the molecule is C#CCC(CC(I)CCC)OC(N)=O. The Labute approximate surface area is 98.9 Å². The third kappa shape index (κ3) is 7.01. The van der Waals surface area contributed by atoms with Crippen LogP contribution in [-0.4, -0.2) is 16.1 Å². The molecular weight excluding hydrogens is 293 g/mol. The second kappa shape index (κ2) is 7.92. The number of primary amides is 1. The first-order valence-electron chi connectivity index (χ1n) is 4.63. The highest BCUT2D eigenvalue weighted by Gasteiger charge is 2.15. The van der Waals surface area contributed by atoms with Gasteiger partial charge in [0.1, 0.15) is 6.10 Å². The molecular formula is C10H16INO2. The molecule has 0 fully saturated rings. The van der Waals surface area contributed by atoms with Crippen molar-refractivity contribution in [1.29, 1.82) is 0 Å². The van der Waals surface area contributed by atoms with Crippen LogP contribution in [0.1, 0.15) is 32.6 Å². The molecule has 3 nitrogen and oxygen atoms in total. The molecule has 0 aliphatic carbocycles. The molecule has 0 saturated carbocycles. The van der Waals surface area contributed by atoms with Crippen molar-refractivity contribution in [3.05, 3.63) is 0 Å². The Balaban J connectivity index is 3.95. The summed E-state index contributed by atoms with van der Waals surface area (Å²) >= 11 is 2.34. The topological polar surface area (TPSA) is 52.3 Å². The second-order valence-electron chi connectivity index (χ2n) is 3.09. The van der Waals surface area contributed by atoms with Crippen LogP contribution < -0.4 is 5.73 Å². The molecule has 80 valence electrons. The number of halogens is 1. The zero-order valence-corrected chi connectivity index (χ0v) is 10.5. The van der Waals surface area contributed by atoms with E-state index in [0.717, 1.165) is 19.3 Å². The quantitative estimate of drug-likeness (QED) is 0.465. The van der Waals surface area contributed by atoms with Crippen molar-refractivity contribution in [3.8, 4) is 12.3 Å². The minimum Gasteiger partial charge on any atom is -0.445 e. The van der Waals surface area contributed by atoms with E-state index in [9.17, 15) is 4.79 Å². The van der Waals surface area contributed by atoms with Crippen LogP contribution >= 0.6 is 22.6 Å². The summed E-state index contributed by atoms with van der Waals surface area (Å²) in [6.07, 6.45) is 7.63. The Morgan fingerprint density at radius 1 is 1.71 bits per heavy atom. The summed E-state index contributed by atoms with van der Waals surface area (Å²) in [7, 11) is 0. The van der Waals surface area contributed by atoms with Gasteiger partial charge in [0.05, 0.1) is 0 Å². The molecule has 0 rings (SSSR count). The molecule has 0 heterocycles. The molecule has 0 saturated heterocycles. The number of hydrogen-bond donors (Lipinski definition) is 1. The standard InChI is InChI=1S/C10H16INO2/c1-3-5-8(11)7-9(6-4-2)14-10(12)13/h2,8-9H,3,5-7H2,1H3,(H2,12,13). The van der Waals surface area contributed by atoms with Gasteiger partial charge in [0.15, 0.2) is 0 Å². The summed E-state index contributed by atoms with van der Waals surface area (Å²) < 4.78 is 5.38. The monoisotopic (exact) mass is 309 g/mol. The second-order valence-corrected chi connectivity index (χ2v) is 4.85.